The number of hydrogen-bond acceptors (Lipinski definition) is 4. The molecule has 4 nitrogen and oxygen atoms in total. The largest absolute Gasteiger partial charge is 0.362 e. The maximum Gasteiger partial charge on any atom is 0.362 e. The molecule has 1 aromatic carbocycles. The molecule has 1 N–H and O–H groups in total. The number of allylic oxidation sites excluding steroid dienone is 5. The van der Waals surface area contributed by atoms with Gasteiger partial charge in [-0.2, -0.15) is 0 Å². The highest BCUT2D eigenvalue weighted by Crippen LogP contribution is 2.48. The van der Waals surface area contributed by atoms with Crippen LogP contribution in [0.1, 0.15) is 35.7 Å². The standard InChI is InChI=1S/C21H21NO3/c1-12-3-5-16(6-4-12)21(24)25-22-20-13(2)11-17(23)18-14-7-9-15(10-8-14)19(18)20/h3-7,9,11,14-15,18,22H,8,10H2,1-2H3/t14-,15+,18-/m1/s1. The third-order valence-electron chi connectivity index (χ3n) is 5.45. The summed E-state index contributed by atoms with van der Waals surface area (Å²) in [5, 5.41) is 0. The van der Waals surface area contributed by atoms with E-state index < -0.39 is 5.97 Å². The van der Waals surface area contributed by atoms with E-state index in [2.05, 4.69) is 17.6 Å². The van der Waals surface area contributed by atoms with Gasteiger partial charge in [0.1, 0.15) is 0 Å². The van der Waals surface area contributed by atoms with Crippen molar-refractivity contribution in [2.75, 3.05) is 0 Å². The first-order chi connectivity index (χ1) is 12.0. The van der Waals surface area contributed by atoms with Crippen LogP contribution in [0.15, 0.2) is 59.3 Å². The smallest absolute Gasteiger partial charge is 0.338 e. The van der Waals surface area contributed by atoms with Crippen LogP contribution in [0.2, 0.25) is 0 Å². The van der Waals surface area contributed by atoms with Crippen LogP contribution in [0.3, 0.4) is 0 Å². The average Bonchev–Trinajstić information content (AvgIpc) is 2.62. The quantitative estimate of drug-likeness (QED) is 0.677. The number of carbonyl (C=O) groups is 2. The zero-order valence-corrected chi connectivity index (χ0v) is 14.4. The van der Waals surface area contributed by atoms with Gasteiger partial charge in [0, 0.05) is 5.92 Å². The van der Waals surface area contributed by atoms with E-state index in [-0.39, 0.29) is 23.5 Å². The molecule has 4 aliphatic rings. The van der Waals surface area contributed by atoms with Crippen molar-refractivity contribution in [3.05, 3.63) is 70.5 Å². The van der Waals surface area contributed by atoms with Crippen molar-refractivity contribution in [1.82, 2.24) is 5.48 Å². The number of nitrogens with one attached hydrogen (secondary N) is 1. The predicted molar refractivity (Wildman–Crippen MR) is 94.4 cm³/mol. The summed E-state index contributed by atoms with van der Waals surface area (Å²) in [6.45, 7) is 3.86. The lowest BCUT2D eigenvalue weighted by atomic mass is 9.62. The molecule has 0 radical (unpaired) electrons. The maximum absolute atomic E-state index is 12.5. The van der Waals surface area contributed by atoms with E-state index in [0.29, 0.717) is 5.56 Å². The van der Waals surface area contributed by atoms with Crippen molar-refractivity contribution in [3.8, 4) is 0 Å². The normalized spacial score (nSPS) is 27.0. The van der Waals surface area contributed by atoms with Crippen LogP contribution in [0.4, 0.5) is 0 Å². The molecule has 0 amide bonds. The average molecular weight is 335 g/mol. The van der Waals surface area contributed by atoms with Crippen LogP contribution in [0.5, 0.6) is 0 Å². The van der Waals surface area contributed by atoms with E-state index in [4.69, 9.17) is 4.84 Å². The second kappa shape index (κ2) is 6.03. The summed E-state index contributed by atoms with van der Waals surface area (Å²) in [6.07, 6.45) is 8.12. The van der Waals surface area contributed by atoms with Gasteiger partial charge in [-0.3, -0.25) is 4.79 Å². The Balaban J connectivity index is 1.59. The van der Waals surface area contributed by atoms with Gasteiger partial charge in [-0.1, -0.05) is 29.8 Å². The summed E-state index contributed by atoms with van der Waals surface area (Å²) in [5.74, 6) is 0.158. The molecule has 0 heterocycles. The van der Waals surface area contributed by atoms with Crippen LogP contribution < -0.4 is 5.48 Å². The highest BCUT2D eigenvalue weighted by atomic mass is 16.7. The third kappa shape index (κ3) is 2.72. The molecule has 0 saturated heterocycles. The molecule has 3 atom stereocenters. The van der Waals surface area contributed by atoms with Gasteiger partial charge >= 0.3 is 5.97 Å². The number of hydrogen-bond donors (Lipinski definition) is 1. The number of carbonyl (C=O) groups excluding carboxylic acids is 2. The topological polar surface area (TPSA) is 55.4 Å². The van der Waals surface area contributed by atoms with Gasteiger partial charge < -0.3 is 4.84 Å². The molecule has 1 saturated carbocycles. The number of hydroxylamine groups is 1. The van der Waals surface area contributed by atoms with Gasteiger partial charge in [-0.05, 0) is 62.0 Å². The molecule has 1 aromatic rings. The number of aryl methyl sites for hydroxylation is 1. The Labute approximate surface area is 147 Å². The van der Waals surface area contributed by atoms with Gasteiger partial charge in [0.25, 0.3) is 0 Å². The van der Waals surface area contributed by atoms with E-state index in [1.54, 1.807) is 18.2 Å². The van der Waals surface area contributed by atoms with Crippen LogP contribution in [-0.2, 0) is 9.63 Å². The van der Waals surface area contributed by atoms with Gasteiger partial charge in [-0.15, -0.1) is 0 Å². The molecule has 4 heteroatoms. The Morgan fingerprint density at radius 1 is 1.12 bits per heavy atom. The molecule has 0 aromatic heterocycles. The highest BCUT2D eigenvalue weighted by molar-refractivity contribution is 5.98. The summed E-state index contributed by atoms with van der Waals surface area (Å²) in [4.78, 5) is 30.1. The van der Waals surface area contributed by atoms with E-state index >= 15 is 0 Å². The molecule has 0 unspecified atom stereocenters. The molecule has 5 rings (SSSR count). The zero-order chi connectivity index (χ0) is 17.6. The lowest BCUT2D eigenvalue weighted by Gasteiger charge is -2.42. The maximum atomic E-state index is 12.5. The summed E-state index contributed by atoms with van der Waals surface area (Å²) >= 11 is 0. The minimum atomic E-state index is -0.425. The molecule has 4 aliphatic carbocycles. The van der Waals surface area contributed by atoms with Crippen molar-refractivity contribution >= 4 is 11.8 Å². The van der Waals surface area contributed by atoms with E-state index in [9.17, 15) is 9.59 Å². The minimum Gasteiger partial charge on any atom is -0.338 e. The second-order valence-electron chi connectivity index (χ2n) is 7.13. The predicted octanol–water partition coefficient (Wildman–Crippen LogP) is 3.65. The fourth-order valence-corrected chi connectivity index (χ4v) is 4.13. The summed E-state index contributed by atoms with van der Waals surface area (Å²) < 4.78 is 0. The molecule has 0 aliphatic heterocycles. The van der Waals surface area contributed by atoms with Crippen molar-refractivity contribution in [2.24, 2.45) is 17.8 Å². The molecular weight excluding hydrogens is 314 g/mol. The Hall–Kier alpha value is -2.62. The third-order valence-corrected chi connectivity index (χ3v) is 5.45. The first-order valence-electron chi connectivity index (χ1n) is 8.73. The van der Waals surface area contributed by atoms with Crippen molar-refractivity contribution in [3.63, 3.8) is 0 Å². The number of rotatable bonds is 3. The Bertz CT molecular complexity index is 829. The van der Waals surface area contributed by atoms with Crippen molar-refractivity contribution in [1.29, 1.82) is 0 Å². The van der Waals surface area contributed by atoms with Gasteiger partial charge in [0.05, 0.1) is 17.2 Å². The lowest BCUT2D eigenvalue weighted by molar-refractivity contribution is -0.119. The first kappa shape index (κ1) is 15.9. The van der Waals surface area contributed by atoms with Gasteiger partial charge in [0.15, 0.2) is 5.78 Å². The first-order valence-corrected chi connectivity index (χ1v) is 8.73. The van der Waals surface area contributed by atoms with Gasteiger partial charge in [-0.25, -0.2) is 10.3 Å². The van der Waals surface area contributed by atoms with Crippen LogP contribution >= 0.6 is 0 Å². The fourth-order valence-electron chi connectivity index (χ4n) is 4.13. The van der Waals surface area contributed by atoms with Crippen LogP contribution in [-0.4, -0.2) is 11.8 Å². The Morgan fingerprint density at radius 2 is 1.88 bits per heavy atom. The van der Waals surface area contributed by atoms with Crippen LogP contribution in [0.25, 0.3) is 0 Å². The van der Waals surface area contributed by atoms with E-state index in [1.165, 1.54) is 0 Å². The molecule has 1 fully saturated rings. The van der Waals surface area contributed by atoms with E-state index in [1.807, 2.05) is 26.0 Å². The zero-order valence-electron chi connectivity index (χ0n) is 14.4. The fraction of sp³-hybridized carbons (Fsp3) is 0.333. The summed E-state index contributed by atoms with van der Waals surface area (Å²) in [5.41, 5.74) is 7.16. The van der Waals surface area contributed by atoms with Crippen molar-refractivity contribution in [2.45, 2.75) is 26.7 Å². The SMILES string of the molecule is CC1=CC(=O)[C@@H]2C(=C1NOC(=O)c1ccc(C)cc1)[C@H]1C=C[C@@H]2CC1. The number of benzene rings is 1. The molecule has 0 spiro atoms. The summed E-state index contributed by atoms with van der Waals surface area (Å²) in [7, 11) is 0. The van der Waals surface area contributed by atoms with Gasteiger partial charge in [0.2, 0.25) is 0 Å². The Morgan fingerprint density at radius 3 is 2.56 bits per heavy atom. The monoisotopic (exact) mass is 335 g/mol. The lowest BCUT2D eigenvalue weighted by Crippen LogP contribution is -2.40. The number of ketones is 1. The van der Waals surface area contributed by atoms with Crippen molar-refractivity contribution < 1.29 is 14.4 Å². The second-order valence-corrected chi connectivity index (χ2v) is 7.13. The molecule has 25 heavy (non-hydrogen) atoms. The minimum absolute atomic E-state index is 0.104. The van der Waals surface area contributed by atoms with E-state index in [0.717, 1.165) is 35.2 Å². The Kier molecular flexibility index (Phi) is 3.83. The molecular formula is C21H21NO3. The highest BCUT2D eigenvalue weighted by Gasteiger charge is 2.43. The summed E-state index contributed by atoms with van der Waals surface area (Å²) in [6, 6.07) is 7.25. The molecule has 128 valence electrons. The van der Waals surface area contributed by atoms with Crippen LogP contribution in [0, 0.1) is 24.7 Å². The molecule has 2 bridgehead atoms. The number of fused-ring (bicyclic) bond motifs is 1.